The lowest BCUT2D eigenvalue weighted by Crippen LogP contribution is -2.34. The van der Waals surface area contributed by atoms with Crippen molar-refractivity contribution in [2.45, 2.75) is 38.1 Å². The molecule has 0 aliphatic rings. The van der Waals surface area contributed by atoms with E-state index in [4.69, 9.17) is 38.7 Å². The molecule has 4 N–H and O–H groups in total. The summed E-state index contributed by atoms with van der Waals surface area (Å²) >= 11 is 0. The molecule has 8 aromatic carbocycles. The number of hydrogen-bond acceptors (Lipinski definition) is 8. The number of benzene rings is 8. The van der Waals surface area contributed by atoms with Crippen LogP contribution < -0.4 is 20.1 Å². The molecule has 0 saturated heterocycles. The van der Waals surface area contributed by atoms with Gasteiger partial charge in [0.25, 0.3) is 0 Å². The lowest BCUT2D eigenvalue weighted by Gasteiger charge is -2.20. The van der Waals surface area contributed by atoms with Gasteiger partial charge in [0.05, 0.1) is 13.2 Å². The highest BCUT2D eigenvalue weighted by Crippen LogP contribution is 2.28. The van der Waals surface area contributed by atoms with Gasteiger partial charge in [0.2, 0.25) is 0 Å². The lowest BCUT2D eigenvalue weighted by atomic mass is 10.0. The number of carboxylic acid groups (broad SMARTS) is 2. The van der Waals surface area contributed by atoms with E-state index in [2.05, 4.69) is 170 Å². The van der Waals surface area contributed by atoms with Gasteiger partial charge in [-0.05, 0) is 59.0 Å². The predicted octanol–water partition coefficient (Wildman–Crippen LogP) is 11.2. The van der Waals surface area contributed by atoms with Crippen molar-refractivity contribution in [2.75, 3.05) is 39.5 Å². The van der Waals surface area contributed by atoms with Crippen LogP contribution in [0.1, 0.15) is 48.3 Å². The molecule has 0 aliphatic carbocycles. The number of hydrogen-bond donors (Lipinski definition) is 4. The Morgan fingerprint density at radius 1 is 0.412 bits per heavy atom. The van der Waals surface area contributed by atoms with Crippen LogP contribution in [0.5, 0.6) is 11.5 Å². The van der Waals surface area contributed by atoms with Gasteiger partial charge >= 0.3 is 11.9 Å². The molecule has 0 spiro atoms. The number of carbonyl (C=O) groups is 2. The molecule has 2 atom stereocenters. The fourth-order valence-corrected chi connectivity index (χ4v) is 7.44. The first kappa shape index (κ1) is 50.1. The van der Waals surface area contributed by atoms with Crippen molar-refractivity contribution in [2.24, 2.45) is 0 Å². The molecular weight excluding hydrogens is 853 g/mol. The largest absolute Gasteiger partial charge is 0.491 e. The summed E-state index contributed by atoms with van der Waals surface area (Å²) in [6.07, 6.45) is -0.127. The average molecular weight is 913 g/mol. The van der Waals surface area contributed by atoms with Gasteiger partial charge < -0.3 is 39.8 Å². The number of fused-ring (bicyclic) bond motifs is 2. The van der Waals surface area contributed by atoms with E-state index in [0.29, 0.717) is 26.4 Å². The molecule has 0 saturated carbocycles. The van der Waals surface area contributed by atoms with Crippen LogP contribution in [0, 0.1) is 0 Å². The van der Waals surface area contributed by atoms with E-state index in [1.54, 1.807) is 0 Å². The summed E-state index contributed by atoms with van der Waals surface area (Å²) in [5.41, 5.74) is 4.67. The third-order valence-electron chi connectivity index (χ3n) is 10.8. The van der Waals surface area contributed by atoms with Gasteiger partial charge in [0.15, 0.2) is 0 Å². The molecule has 0 fully saturated rings. The van der Waals surface area contributed by atoms with Crippen molar-refractivity contribution in [3.05, 3.63) is 229 Å². The summed E-state index contributed by atoms with van der Waals surface area (Å²) in [4.78, 5) is 18.2. The second-order valence-corrected chi connectivity index (χ2v) is 16.0. The van der Waals surface area contributed by atoms with Crippen molar-refractivity contribution in [1.29, 1.82) is 0 Å². The fraction of sp³-hybridized carbons (Fsp3) is 0.207. The third-order valence-corrected chi connectivity index (χ3v) is 10.8. The Labute approximate surface area is 399 Å². The molecule has 8 rings (SSSR count). The summed E-state index contributed by atoms with van der Waals surface area (Å²) in [7, 11) is 0. The summed E-state index contributed by atoms with van der Waals surface area (Å²) in [5.74, 6) is -1.79. The van der Waals surface area contributed by atoms with Gasteiger partial charge in [0, 0.05) is 35.9 Å². The van der Waals surface area contributed by atoms with Gasteiger partial charge in [0.1, 0.15) is 36.9 Å². The molecule has 10 nitrogen and oxygen atoms in total. The maximum atomic E-state index is 9.10. The van der Waals surface area contributed by atoms with Crippen molar-refractivity contribution < 1.29 is 38.7 Å². The lowest BCUT2D eigenvalue weighted by molar-refractivity contribution is -0.159. The van der Waals surface area contributed by atoms with E-state index >= 15 is 0 Å². The van der Waals surface area contributed by atoms with Gasteiger partial charge in [-0.25, -0.2) is 9.59 Å². The maximum Gasteiger partial charge on any atom is 0.414 e. The Kier molecular flexibility index (Phi) is 20.1. The zero-order valence-corrected chi connectivity index (χ0v) is 38.5. The molecule has 2 unspecified atom stereocenters. The average Bonchev–Trinajstić information content (AvgIpc) is 3.38. The minimum Gasteiger partial charge on any atom is -0.491 e. The van der Waals surface area contributed by atoms with Crippen LogP contribution >= 0.6 is 0 Å². The van der Waals surface area contributed by atoms with Crippen LogP contribution in [-0.2, 0) is 19.1 Å². The molecule has 0 bridgehead atoms. The van der Waals surface area contributed by atoms with E-state index in [9.17, 15) is 0 Å². The standard InChI is InChI=1S/2C28H29NO2.C2H2O4/c2*1-22(21-31-27-18-10-16-23-11-8-9-17-26(23)27)29-19-20-30-28(24-12-4-2-5-13-24)25-14-6-3-7-15-25;3-1(4)2(5)6/h2*2-18,22,28-29H,19-21H2,1H3;(H,3,4)(H,5,6). The Bertz CT molecular complexity index is 2430. The molecule has 0 heterocycles. The van der Waals surface area contributed by atoms with Crippen LogP contribution in [0.15, 0.2) is 206 Å². The zero-order chi connectivity index (χ0) is 47.8. The number of rotatable bonds is 20. The SMILES string of the molecule is CC(COc1cccc2ccccc12)NCCOC(c1ccccc1)c1ccccc1.CC(COc1cccc2ccccc12)NCCOC(c1ccccc1)c1ccccc1.O=C(O)C(=O)O. The summed E-state index contributed by atoms with van der Waals surface area (Å²) < 4.78 is 24.8. The van der Waals surface area contributed by atoms with Crippen LogP contribution in [0.3, 0.4) is 0 Å². The number of aliphatic carboxylic acids is 2. The van der Waals surface area contributed by atoms with Crippen LogP contribution in [0.2, 0.25) is 0 Å². The predicted molar refractivity (Wildman–Crippen MR) is 270 cm³/mol. The first-order valence-corrected chi connectivity index (χ1v) is 22.8. The van der Waals surface area contributed by atoms with Crippen LogP contribution in [0.25, 0.3) is 21.5 Å². The molecule has 0 aliphatic heterocycles. The van der Waals surface area contributed by atoms with E-state index in [0.717, 1.165) is 35.4 Å². The quantitative estimate of drug-likeness (QED) is 0.0432. The third kappa shape index (κ3) is 15.9. The summed E-state index contributed by atoms with van der Waals surface area (Å²) in [6, 6.07) is 70.9. The molecule has 10 heteroatoms. The van der Waals surface area contributed by atoms with E-state index in [1.807, 2.05) is 60.7 Å². The first-order valence-electron chi connectivity index (χ1n) is 22.8. The van der Waals surface area contributed by atoms with E-state index in [-0.39, 0.29) is 24.3 Å². The minimum absolute atomic E-state index is 0.0635. The van der Waals surface area contributed by atoms with Gasteiger partial charge in [-0.15, -0.1) is 0 Å². The molecular formula is C58H60N2O8. The van der Waals surface area contributed by atoms with Gasteiger partial charge in [-0.1, -0.05) is 194 Å². The van der Waals surface area contributed by atoms with Crippen molar-refractivity contribution in [3.63, 3.8) is 0 Å². The molecule has 0 amide bonds. The Morgan fingerprint density at radius 2 is 0.706 bits per heavy atom. The molecule has 350 valence electrons. The highest BCUT2D eigenvalue weighted by atomic mass is 16.5. The zero-order valence-electron chi connectivity index (χ0n) is 38.5. The topological polar surface area (TPSA) is 136 Å². The van der Waals surface area contributed by atoms with Crippen molar-refractivity contribution in [3.8, 4) is 11.5 Å². The van der Waals surface area contributed by atoms with Crippen LogP contribution in [0.4, 0.5) is 0 Å². The van der Waals surface area contributed by atoms with E-state index in [1.165, 1.54) is 33.0 Å². The summed E-state index contributed by atoms with van der Waals surface area (Å²) in [6.45, 7) is 8.24. The van der Waals surface area contributed by atoms with Gasteiger partial charge in [-0.2, -0.15) is 0 Å². The molecule has 0 aromatic heterocycles. The Morgan fingerprint density at radius 3 is 1.03 bits per heavy atom. The minimum atomic E-state index is -1.82. The monoisotopic (exact) mass is 912 g/mol. The number of ether oxygens (including phenoxy) is 4. The molecule has 68 heavy (non-hydrogen) atoms. The Balaban J connectivity index is 0.000000200. The van der Waals surface area contributed by atoms with Crippen molar-refractivity contribution in [1.82, 2.24) is 10.6 Å². The normalized spacial score (nSPS) is 11.8. The fourth-order valence-electron chi connectivity index (χ4n) is 7.44. The highest BCUT2D eigenvalue weighted by molar-refractivity contribution is 6.27. The smallest absolute Gasteiger partial charge is 0.414 e. The maximum absolute atomic E-state index is 9.10. The first-order chi connectivity index (χ1) is 33.3. The summed E-state index contributed by atoms with van der Waals surface area (Å²) in [5, 5.41) is 26.5. The van der Waals surface area contributed by atoms with E-state index < -0.39 is 11.9 Å². The van der Waals surface area contributed by atoms with Crippen molar-refractivity contribution >= 4 is 33.5 Å². The van der Waals surface area contributed by atoms with Gasteiger partial charge in [-0.3, -0.25) is 0 Å². The number of carboxylic acids is 2. The Hall–Kier alpha value is -7.34. The number of nitrogens with one attached hydrogen (secondary N) is 2. The second-order valence-electron chi connectivity index (χ2n) is 16.0. The molecule has 8 aromatic rings. The molecule has 0 radical (unpaired) electrons. The second kappa shape index (κ2) is 27.3. The highest BCUT2D eigenvalue weighted by Gasteiger charge is 2.16. The van der Waals surface area contributed by atoms with Crippen LogP contribution in [-0.4, -0.2) is 73.8 Å².